The minimum atomic E-state index is -1.06. The third-order valence-electron chi connectivity index (χ3n) is 4.21. The first-order valence-corrected chi connectivity index (χ1v) is 7.48. The molecule has 0 unspecified atom stereocenters. The first kappa shape index (κ1) is 15.2. The van der Waals surface area contributed by atoms with E-state index >= 15 is 0 Å². The van der Waals surface area contributed by atoms with E-state index in [-0.39, 0.29) is 11.6 Å². The van der Waals surface area contributed by atoms with Crippen LogP contribution in [0.4, 0.5) is 0 Å². The van der Waals surface area contributed by atoms with E-state index in [1.807, 2.05) is 20.8 Å². The molecule has 2 aromatic heterocycles. The van der Waals surface area contributed by atoms with Gasteiger partial charge in [0.05, 0.1) is 11.9 Å². The normalized spacial score (nSPS) is 17.0. The van der Waals surface area contributed by atoms with Crippen LogP contribution in [0.1, 0.15) is 61.3 Å². The molecule has 0 radical (unpaired) electrons. The van der Waals surface area contributed by atoms with Crippen molar-refractivity contribution in [2.75, 3.05) is 0 Å². The van der Waals surface area contributed by atoms with Gasteiger partial charge in [0, 0.05) is 5.56 Å². The lowest BCUT2D eigenvalue weighted by Crippen LogP contribution is -2.26. The molecule has 0 aliphatic heterocycles. The molecule has 0 spiro atoms. The number of carbonyl (C=O) groups is 1. The molecule has 3 rings (SSSR count). The average Bonchev–Trinajstić information content (AvgIpc) is 2.88. The van der Waals surface area contributed by atoms with Crippen molar-refractivity contribution in [3.05, 3.63) is 46.3 Å². The fraction of sp³-hybridized carbons (Fsp3) is 0.375. The maximum atomic E-state index is 11.6. The highest BCUT2D eigenvalue weighted by Gasteiger charge is 2.33. The molecule has 0 aromatic carbocycles. The third kappa shape index (κ3) is 2.48. The molecule has 0 amide bonds. The van der Waals surface area contributed by atoms with Gasteiger partial charge in [-0.05, 0) is 38.2 Å². The van der Waals surface area contributed by atoms with Crippen molar-refractivity contribution in [2.45, 2.75) is 39.5 Å². The van der Waals surface area contributed by atoms with Crippen LogP contribution < -0.4 is 4.73 Å². The Labute approximate surface area is 133 Å². The molecular formula is C16H18N4O3. The highest BCUT2D eigenvalue weighted by Crippen LogP contribution is 2.42. The summed E-state index contributed by atoms with van der Waals surface area (Å²) in [5, 5.41) is 25.3. The van der Waals surface area contributed by atoms with Crippen molar-refractivity contribution in [3.8, 4) is 5.82 Å². The molecule has 1 aliphatic rings. The topological polar surface area (TPSA) is 95.0 Å². The number of aromatic carboxylic acids is 1. The van der Waals surface area contributed by atoms with Gasteiger partial charge in [0.2, 0.25) is 12.0 Å². The summed E-state index contributed by atoms with van der Waals surface area (Å²) in [6.07, 6.45) is 5.68. The lowest BCUT2D eigenvalue weighted by atomic mass is 9.82. The number of nitrogens with zero attached hydrogens (tertiary/aromatic N) is 4. The molecule has 2 aromatic rings. The zero-order chi connectivity index (χ0) is 16.7. The van der Waals surface area contributed by atoms with Crippen LogP contribution in [0.2, 0.25) is 0 Å². The molecule has 23 heavy (non-hydrogen) atoms. The zero-order valence-electron chi connectivity index (χ0n) is 13.3. The molecule has 1 aliphatic carbocycles. The molecule has 0 bridgehead atoms. The molecule has 1 atom stereocenters. The molecule has 7 heteroatoms. The minimum Gasteiger partial charge on any atom is -0.619 e. The summed E-state index contributed by atoms with van der Waals surface area (Å²) < 4.78 is 2.12. The van der Waals surface area contributed by atoms with Gasteiger partial charge in [-0.15, -0.1) is 0 Å². The zero-order valence-corrected chi connectivity index (χ0v) is 13.3. The smallest absolute Gasteiger partial charge is 0.356 e. The molecular weight excluding hydrogens is 296 g/mol. The van der Waals surface area contributed by atoms with Crippen LogP contribution in [0, 0.1) is 5.21 Å². The van der Waals surface area contributed by atoms with Crippen molar-refractivity contribution >= 4 is 11.5 Å². The summed E-state index contributed by atoms with van der Waals surface area (Å²) in [7, 11) is 0. The van der Waals surface area contributed by atoms with Crippen LogP contribution in [0.3, 0.4) is 0 Å². The Morgan fingerprint density at radius 1 is 1.48 bits per heavy atom. The van der Waals surface area contributed by atoms with E-state index in [1.54, 1.807) is 0 Å². The highest BCUT2D eigenvalue weighted by atomic mass is 16.5. The van der Waals surface area contributed by atoms with Crippen LogP contribution >= 0.6 is 0 Å². The lowest BCUT2D eigenvalue weighted by Gasteiger charge is -2.23. The second kappa shape index (κ2) is 5.49. The van der Waals surface area contributed by atoms with Gasteiger partial charge in [0.25, 0.3) is 0 Å². The van der Waals surface area contributed by atoms with Gasteiger partial charge < -0.3 is 10.3 Å². The number of fused-ring (bicyclic) bond motifs is 1. The van der Waals surface area contributed by atoms with Crippen LogP contribution in [0.15, 0.2) is 24.2 Å². The van der Waals surface area contributed by atoms with E-state index in [2.05, 4.69) is 10.1 Å². The van der Waals surface area contributed by atoms with Crippen LogP contribution in [0.5, 0.6) is 0 Å². The average molecular weight is 314 g/mol. The van der Waals surface area contributed by atoms with Gasteiger partial charge in [-0.2, -0.15) is 9.83 Å². The summed E-state index contributed by atoms with van der Waals surface area (Å²) in [4.78, 5) is 15.8. The highest BCUT2D eigenvalue weighted by molar-refractivity contribution is 5.90. The van der Waals surface area contributed by atoms with Gasteiger partial charge in [-0.3, -0.25) is 0 Å². The second-order valence-corrected chi connectivity index (χ2v) is 6.02. The fourth-order valence-electron chi connectivity index (χ4n) is 3.10. The SMILES string of the molecule is CC(C)=C1CC[C@@H](C)c2c(C(=O)O)nn(-c3c[n+]([O-])ccn3)c21. The van der Waals surface area contributed by atoms with Crippen LogP contribution in [-0.4, -0.2) is 25.8 Å². The molecule has 0 saturated carbocycles. The maximum absolute atomic E-state index is 11.6. The predicted molar refractivity (Wildman–Crippen MR) is 83.2 cm³/mol. The number of aromatic nitrogens is 4. The Morgan fingerprint density at radius 2 is 2.22 bits per heavy atom. The number of carboxylic acids is 1. The van der Waals surface area contributed by atoms with Gasteiger partial charge >= 0.3 is 5.97 Å². The van der Waals surface area contributed by atoms with E-state index < -0.39 is 5.97 Å². The third-order valence-corrected chi connectivity index (χ3v) is 4.21. The number of carboxylic acid groups (broad SMARTS) is 1. The molecule has 0 saturated heterocycles. The van der Waals surface area contributed by atoms with Gasteiger partial charge in [0.1, 0.15) is 0 Å². The van der Waals surface area contributed by atoms with E-state index in [0.717, 1.165) is 35.2 Å². The summed E-state index contributed by atoms with van der Waals surface area (Å²) in [6.45, 7) is 6.00. The monoisotopic (exact) mass is 314 g/mol. The summed E-state index contributed by atoms with van der Waals surface area (Å²) in [5.41, 5.74) is 3.71. The Hall–Kier alpha value is -2.70. The second-order valence-electron chi connectivity index (χ2n) is 6.02. The number of rotatable bonds is 2. The molecule has 2 heterocycles. The maximum Gasteiger partial charge on any atom is 0.356 e. The van der Waals surface area contributed by atoms with Crippen molar-refractivity contribution in [1.82, 2.24) is 14.8 Å². The van der Waals surface area contributed by atoms with Crippen LogP contribution in [-0.2, 0) is 0 Å². The minimum absolute atomic E-state index is 0.0362. The van der Waals surface area contributed by atoms with Crippen molar-refractivity contribution in [3.63, 3.8) is 0 Å². The number of hydrogen-bond donors (Lipinski definition) is 1. The quantitative estimate of drug-likeness (QED) is 0.678. The van der Waals surface area contributed by atoms with Crippen molar-refractivity contribution in [1.29, 1.82) is 0 Å². The standard InChI is InChI=1S/C16H18N4O3/c1-9(2)11-5-4-10(3)13-14(16(21)22)18-20(15(11)13)12-8-19(23)7-6-17-12/h6-8,10H,4-5H2,1-3H3,(H,21,22)/t10-/m1/s1. The Balaban J connectivity index is 2.36. The fourth-order valence-corrected chi connectivity index (χ4v) is 3.10. The van der Waals surface area contributed by atoms with Crippen LogP contribution in [0.25, 0.3) is 11.4 Å². The summed E-state index contributed by atoms with van der Waals surface area (Å²) in [6, 6.07) is 0. The predicted octanol–water partition coefficient (Wildman–Crippen LogP) is 2.29. The largest absolute Gasteiger partial charge is 0.619 e. The van der Waals surface area contributed by atoms with E-state index in [9.17, 15) is 15.1 Å². The van der Waals surface area contributed by atoms with Gasteiger partial charge in [-0.1, -0.05) is 12.5 Å². The Kier molecular flexibility index (Phi) is 3.63. The molecule has 0 fully saturated rings. The van der Waals surface area contributed by atoms with E-state index in [1.165, 1.54) is 23.3 Å². The first-order chi connectivity index (χ1) is 10.9. The van der Waals surface area contributed by atoms with Gasteiger partial charge in [0.15, 0.2) is 11.9 Å². The lowest BCUT2D eigenvalue weighted by molar-refractivity contribution is -0.605. The Bertz CT molecular complexity index is 819. The Morgan fingerprint density at radius 3 is 2.83 bits per heavy atom. The number of allylic oxidation sites excluding steroid dienone is 2. The summed E-state index contributed by atoms with van der Waals surface area (Å²) in [5.74, 6) is -0.650. The van der Waals surface area contributed by atoms with Crippen molar-refractivity contribution in [2.24, 2.45) is 0 Å². The molecule has 7 nitrogen and oxygen atoms in total. The summed E-state index contributed by atoms with van der Waals surface area (Å²) >= 11 is 0. The van der Waals surface area contributed by atoms with E-state index in [0.29, 0.717) is 10.5 Å². The van der Waals surface area contributed by atoms with Gasteiger partial charge in [-0.25, -0.2) is 14.5 Å². The molecule has 120 valence electrons. The molecule has 1 N–H and O–H groups in total. The van der Waals surface area contributed by atoms with Crippen molar-refractivity contribution < 1.29 is 14.6 Å². The van der Waals surface area contributed by atoms with E-state index in [4.69, 9.17) is 0 Å². The number of hydrogen-bond acceptors (Lipinski definition) is 4. The first-order valence-electron chi connectivity index (χ1n) is 7.48.